The fourth-order valence-electron chi connectivity index (χ4n) is 1.34. The van der Waals surface area contributed by atoms with Crippen molar-refractivity contribution in [2.45, 2.75) is 6.04 Å². The van der Waals surface area contributed by atoms with Crippen LogP contribution in [-0.2, 0) is 0 Å². The lowest BCUT2D eigenvalue weighted by molar-refractivity contribution is 0.367. The molecule has 0 amide bonds. The van der Waals surface area contributed by atoms with Crippen LogP contribution in [0, 0.1) is 0 Å². The molecule has 0 unspecified atom stereocenters. The van der Waals surface area contributed by atoms with Crippen LogP contribution in [0.3, 0.4) is 0 Å². The highest BCUT2D eigenvalue weighted by Gasteiger charge is 2.16. The predicted octanol–water partition coefficient (Wildman–Crippen LogP) is 1.18. The molecule has 0 fully saturated rings. The normalized spacial score (nSPS) is 12.4. The number of benzene rings is 1. The summed E-state index contributed by atoms with van der Waals surface area (Å²) in [4.78, 5) is 5.98. The van der Waals surface area contributed by atoms with Crippen LogP contribution in [0.15, 0.2) is 34.9 Å². The van der Waals surface area contributed by atoms with Gasteiger partial charge in [-0.2, -0.15) is 4.98 Å². The molecule has 5 nitrogen and oxygen atoms in total. The van der Waals surface area contributed by atoms with Gasteiger partial charge < -0.3 is 15.2 Å². The molecule has 1 aromatic heterocycles. The highest BCUT2D eigenvalue weighted by Crippen LogP contribution is 2.18. The quantitative estimate of drug-likeness (QED) is 0.837. The first-order valence-corrected chi connectivity index (χ1v) is 5.00. The van der Waals surface area contributed by atoms with Crippen molar-refractivity contribution in [1.82, 2.24) is 10.1 Å². The summed E-state index contributed by atoms with van der Waals surface area (Å²) >= 11 is 0. The third kappa shape index (κ3) is 2.04. The lowest BCUT2D eigenvalue weighted by atomic mass is 10.1. The van der Waals surface area contributed by atoms with Gasteiger partial charge in [0.15, 0.2) is 0 Å². The van der Waals surface area contributed by atoms with Gasteiger partial charge in [-0.25, -0.2) is 0 Å². The zero-order chi connectivity index (χ0) is 11.5. The Kier molecular flexibility index (Phi) is 2.87. The van der Waals surface area contributed by atoms with Gasteiger partial charge in [0.25, 0.3) is 5.95 Å². The van der Waals surface area contributed by atoms with Crippen molar-refractivity contribution in [2.75, 3.05) is 19.0 Å². The van der Waals surface area contributed by atoms with E-state index in [-0.39, 0.29) is 6.04 Å². The van der Waals surface area contributed by atoms with Crippen molar-refractivity contribution in [1.29, 1.82) is 0 Å². The van der Waals surface area contributed by atoms with Gasteiger partial charge in [-0.3, -0.25) is 0 Å². The van der Waals surface area contributed by atoms with Gasteiger partial charge in [0.1, 0.15) is 6.04 Å². The van der Waals surface area contributed by atoms with Crippen LogP contribution in [0.5, 0.6) is 0 Å². The molecule has 5 heteroatoms. The molecule has 2 N–H and O–H groups in total. The van der Waals surface area contributed by atoms with Crippen molar-refractivity contribution < 1.29 is 4.52 Å². The second kappa shape index (κ2) is 4.32. The van der Waals surface area contributed by atoms with Crippen LogP contribution in [-0.4, -0.2) is 24.2 Å². The molecular weight excluding hydrogens is 204 g/mol. The summed E-state index contributed by atoms with van der Waals surface area (Å²) in [5.74, 6) is 0.955. The Bertz CT molecular complexity index is 452. The van der Waals surface area contributed by atoms with Gasteiger partial charge in [0.05, 0.1) is 0 Å². The van der Waals surface area contributed by atoms with Crippen LogP contribution in [0.2, 0.25) is 0 Å². The Hall–Kier alpha value is -1.88. The summed E-state index contributed by atoms with van der Waals surface area (Å²) in [5.41, 5.74) is 6.97. The number of hydrogen-bond donors (Lipinski definition) is 1. The van der Waals surface area contributed by atoms with Crippen molar-refractivity contribution >= 4 is 5.95 Å². The Morgan fingerprint density at radius 1 is 1.25 bits per heavy atom. The summed E-state index contributed by atoms with van der Waals surface area (Å²) in [7, 11) is 3.70. The van der Waals surface area contributed by atoms with E-state index in [9.17, 15) is 0 Å². The smallest absolute Gasteiger partial charge is 0.265 e. The molecule has 84 valence electrons. The average Bonchev–Trinajstić information content (AvgIpc) is 2.78. The Morgan fingerprint density at radius 3 is 2.50 bits per heavy atom. The third-order valence-corrected chi connectivity index (χ3v) is 2.26. The van der Waals surface area contributed by atoms with Crippen LogP contribution < -0.4 is 10.6 Å². The van der Waals surface area contributed by atoms with E-state index in [1.165, 1.54) is 0 Å². The first kappa shape index (κ1) is 10.6. The summed E-state index contributed by atoms with van der Waals surface area (Å²) in [6, 6.07) is 9.29. The van der Waals surface area contributed by atoms with Gasteiger partial charge >= 0.3 is 0 Å². The van der Waals surface area contributed by atoms with Crippen LogP contribution in [0.25, 0.3) is 0 Å². The van der Waals surface area contributed by atoms with E-state index in [2.05, 4.69) is 10.1 Å². The van der Waals surface area contributed by atoms with Gasteiger partial charge in [-0.05, 0) is 10.7 Å². The first-order chi connectivity index (χ1) is 7.68. The maximum atomic E-state index is 6.02. The van der Waals surface area contributed by atoms with Crippen LogP contribution >= 0.6 is 0 Å². The molecule has 16 heavy (non-hydrogen) atoms. The lowest BCUT2D eigenvalue weighted by Gasteiger charge is -2.06. The minimum atomic E-state index is -0.373. The molecule has 2 rings (SSSR count). The largest absolute Gasteiger partial charge is 0.344 e. The van der Waals surface area contributed by atoms with Gasteiger partial charge in [-0.1, -0.05) is 30.3 Å². The lowest BCUT2D eigenvalue weighted by Crippen LogP contribution is -2.13. The second-order valence-corrected chi connectivity index (χ2v) is 3.72. The number of anilines is 1. The fraction of sp³-hybridized carbons (Fsp3) is 0.273. The third-order valence-electron chi connectivity index (χ3n) is 2.26. The molecule has 0 saturated carbocycles. The Balaban J connectivity index is 2.24. The second-order valence-electron chi connectivity index (χ2n) is 3.72. The molecule has 2 aromatic rings. The first-order valence-electron chi connectivity index (χ1n) is 5.00. The molecule has 0 saturated heterocycles. The standard InChI is InChI=1S/C11H14N4O/c1-15(2)11-13-10(16-14-11)9(12)8-6-4-3-5-7-8/h3-7,9H,12H2,1-2H3/t9-/m0/s1. The zero-order valence-electron chi connectivity index (χ0n) is 9.29. The monoisotopic (exact) mass is 218 g/mol. The number of nitrogens with zero attached hydrogens (tertiary/aromatic N) is 3. The number of aromatic nitrogens is 2. The predicted molar refractivity (Wildman–Crippen MR) is 61.1 cm³/mol. The Labute approximate surface area is 93.9 Å². The number of rotatable bonds is 3. The van der Waals surface area contributed by atoms with E-state index in [1.807, 2.05) is 44.4 Å². The van der Waals surface area contributed by atoms with Gasteiger partial charge in [0.2, 0.25) is 5.89 Å². The van der Waals surface area contributed by atoms with E-state index in [1.54, 1.807) is 4.90 Å². The minimum absolute atomic E-state index is 0.373. The highest BCUT2D eigenvalue weighted by atomic mass is 16.5. The minimum Gasteiger partial charge on any atom is -0.344 e. The molecule has 1 heterocycles. The van der Waals surface area contributed by atoms with Crippen molar-refractivity contribution in [3.63, 3.8) is 0 Å². The highest BCUT2D eigenvalue weighted by molar-refractivity contribution is 5.28. The summed E-state index contributed by atoms with van der Waals surface area (Å²) in [5, 5.41) is 3.82. The molecular formula is C11H14N4O. The van der Waals surface area contributed by atoms with Crippen LogP contribution in [0.4, 0.5) is 5.95 Å². The molecule has 0 spiro atoms. The fourth-order valence-corrected chi connectivity index (χ4v) is 1.34. The summed E-state index contributed by atoms with van der Waals surface area (Å²) < 4.78 is 5.11. The number of hydrogen-bond acceptors (Lipinski definition) is 5. The molecule has 0 aliphatic carbocycles. The maximum absolute atomic E-state index is 6.02. The SMILES string of the molecule is CN(C)c1noc([C@@H](N)c2ccccc2)n1. The average molecular weight is 218 g/mol. The van der Waals surface area contributed by atoms with E-state index in [0.29, 0.717) is 11.8 Å². The van der Waals surface area contributed by atoms with Crippen molar-refractivity contribution in [3.8, 4) is 0 Å². The van der Waals surface area contributed by atoms with Gasteiger partial charge in [0, 0.05) is 14.1 Å². The van der Waals surface area contributed by atoms with Gasteiger partial charge in [-0.15, -0.1) is 0 Å². The van der Waals surface area contributed by atoms with E-state index in [0.717, 1.165) is 5.56 Å². The summed E-state index contributed by atoms with van der Waals surface area (Å²) in [6.45, 7) is 0. The topological polar surface area (TPSA) is 68.2 Å². The molecule has 0 aliphatic heterocycles. The molecule has 0 bridgehead atoms. The number of nitrogens with two attached hydrogens (primary N) is 1. The van der Waals surface area contributed by atoms with Crippen molar-refractivity contribution in [3.05, 3.63) is 41.8 Å². The van der Waals surface area contributed by atoms with E-state index < -0.39 is 0 Å². The van der Waals surface area contributed by atoms with E-state index in [4.69, 9.17) is 10.3 Å². The van der Waals surface area contributed by atoms with E-state index >= 15 is 0 Å². The molecule has 0 aliphatic rings. The van der Waals surface area contributed by atoms with Crippen LogP contribution in [0.1, 0.15) is 17.5 Å². The molecule has 1 atom stereocenters. The maximum Gasteiger partial charge on any atom is 0.265 e. The molecule has 1 aromatic carbocycles. The van der Waals surface area contributed by atoms with Crippen molar-refractivity contribution in [2.24, 2.45) is 5.73 Å². The Morgan fingerprint density at radius 2 is 1.94 bits per heavy atom. The zero-order valence-corrected chi connectivity index (χ0v) is 9.29. The molecule has 0 radical (unpaired) electrons. The summed E-state index contributed by atoms with van der Waals surface area (Å²) in [6.07, 6.45) is 0.